The van der Waals surface area contributed by atoms with E-state index in [9.17, 15) is 15.0 Å². The summed E-state index contributed by atoms with van der Waals surface area (Å²) < 4.78 is 5.41. The first-order chi connectivity index (χ1) is 12.9. The number of aryl methyl sites for hydroxylation is 1. The number of carbonyl (C=O) groups is 1. The van der Waals surface area contributed by atoms with Gasteiger partial charge in [-0.1, -0.05) is 46.6 Å². The lowest BCUT2D eigenvalue weighted by Crippen LogP contribution is -2.13. The standard InChI is InChI=1S/C20H17ClN2O4/c1-10-2-4-11(5-3-10)17-18(13-8-14(21)16(25)9-15(13)24)23-27-20(17)22-19(26)12-6-7-12/h2-5,8-9,12,24-25H,6-7H2,1H3,(H,22,26). The number of hydrogen-bond donors (Lipinski definition) is 3. The van der Waals surface area contributed by atoms with Crippen LogP contribution in [0, 0.1) is 12.8 Å². The summed E-state index contributed by atoms with van der Waals surface area (Å²) in [5.41, 5.74) is 3.01. The van der Waals surface area contributed by atoms with Crippen molar-refractivity contribution in [3.8, 4) is 33.9 Å². The average Bonchev–Trinajstić information content (AvgIpc) is 3.41. The third-order valence-corrected chi connectivity index (χ3v) is 4.84. The molecule has 0 unspecified atom stereocenters. The van der Waals surface area contributed by atoms with Crippen LogP contribution >= 0.6 is 11.6 Å². The molecule has 3 N–H and O–H groups in total. The number of aromatic nitrogens is 1. The number of halogens is 1. The number of anilines is 1. The summed E-state index contributed by atoms with van der Waals surface area (Å²) in [7, 11) is 0. The summed E-state index contributed by atoms with van der Waals surface area (Å²) in [6.07, 6.45) is 1.72. The molecule has 0 atom stereocenters. The third kappa shape index (κ3) is 3.36. The number of nitrogens with one attached hydrogen (secondary N) is 1. The molecule has 1 fully saturated rings. The Kier molecular flexibility index (Phi) is 4.28. The number of phenols is 2. The van der Waals surface area contributed by atoms with Gasteiger partial charge in [-0.15, -0.1) is 0 Å². The molecular weight excluding hydrogens is 368 g/mol. The van der Waals surface area contributed by atoms with E-state index in [1.165, 1.54) is 6.07 Å². The van der Waals surface area contributed by atoms with E-state index in [1.54, 1.807) is 0 Å². The highest BCUT2D eigenvalue weighted by atomic mass is 35.5. The van der Waals surface area contributed by atoms with Crippen LogP contribution in [0.2, 0.25) is 5.02 Å². The lowest BCUT2D eigenvalue weighted by molar-refractivity contribution is -0.117. The molecule has 27 heavy (non-hydrogen) atoms. The van der Waals surface area contributed by atoms with Gasteiger partial charge in [0.2, 0.25) is 11.8 Å². The molecular formula is C20H17ClN2O4. The molecule has 4 rings (SSSR count). The quantitative estimate of drug-likeness (QED) is 0.604. The number of phenolic OH excluding ortho intramolecular Hbond substituents is 2. The van der Waals surface area contributed by atoms with Crippen LogP contribution in [0.25, 0.3) is 22.4 Å². The van der Waals surface area contributed by atoms with Crippen molar-refractivity contribution in [2.24, 2.45) is 5.92 Å². The van der Waals surface area contributed by atoms with E-state index in [-0.39, 0.29) is 34.2 Å². The maximum atomic E-state index is 12.2. The molecule has 2 aromatic carbocycles. The monoisotopic (exact) mass is 384 g/mol. The minimum absolute atomic E-state index is 0.000868. The smallest absolute Gasteiger partial charge is 0.239 e. The predicted octanol–water partition coefficient (Wildman–Crippen LogP) is 4.73. The van der Waals surface area contributed by atoms with Crippen molar-refractivity contribution in [1.29, 1.82) is 0 Å². The first-order valence-electron chi connectivity index (χ1n) is 8.53. The van der Waals surface area contributed by atoms with Crippen LogP contribution in [0.4, 0.5) is 5.88 Å². The van der Waals surface area contributed by atoms with Gasteiger partial charge in [-0.2, -0.15) is 0 Å². The van der Waals surface area contributed by atoms with Crippen molar-refractivity contribution in [2.75, 3.05) is 5.32 Å². The minimum atomic E-state index is -0.236. The fraction of sp³-hybridized carbons (Fsp3) is 0.200. The van der Waals surface area contributed by atoms with Crippen LogP contribution in [0.3, 0.4) is 0 Å². The lowest BCUT2D eigenvalue weighted by atomic mass is 9.99. The Hall–Kier alpha value is -2.99. The van der Waals surface area contributed by atoms with E-state index >= 15 is 0 Å². The van der Waals surface area contributed by atoms with Crippen molar-refractivity contribution >= 4 is 23.4 Å². The van der Waals surface area contributed by atoms with Gasteiger partial charge in [-0.25, -0.2) is 0 Å². The van der Waals surface area contributed by atoms with Crippen LogP contribution in [-0.2, 0) is 4.79 Å². The fourth-order valence-corrected chi connectivity index (χ4v) is 3.01. The number of carbonyl (C=O) groups excluding carboxylic acids is 1. The van der Waals surface area contributed by atoms with Crippen LogP contribution < -0.4 is 5.32 Å². The molecule has 0 radical (unpaired) electrons. The normalized spacial score (nSPS) is 13.6. The van der Waals surface area contributed by atoms with E-state index < -0.39 is 0 Å². The van der Waals surface area contributed by atoms with Gasteiger partial charge in [-0.05, 0) is 31.4 Å². The Labute approximate surface area is 160 Å². The Morgan fingerprint density at radius 2 is 1.89 bits per heavy atom. The average molecular weight is 385 g/mol. The highest BCUT2D eigenvalue weighted by Crippen LogP contribution is 2.44. The summed E-state index contributed by atoms with van der Waals surface area (Å²) in [5.74, 6) is -0.325. The second-order valence-electron chi connectivity index (χ2n) is 6.69. The molecule has 1 aromatic heterocycles. The zero-order valence-corrected chi connectivity index (χ0v) is 15.2. The Balaban J connectivity index is 1.86. The molecule has 1 aliphatic rings. The lowest BCUT2D eigenvalue weighted by Gasteiger charge is -2.08. The molecule has 1 heterocycles. The molecule has 1 amide bonds. The van der Waals surface area contributed by atoms with Gasteiger partial charge in [0.15, 0.2) is 0 Å². The third-order valence-electron chi connectivity index (χ3n) is 4.54. The molecule has 138 valence electrons. The molecule has 6 nitrogen and oxygen atoms in total. The van der Waals surface area contributed by atoms with Crippen LogP contribution in [0.15, 0.2) is 40.9 Å². The summed E-state index contributed by atoms with van der Waals surface area (Å²) in [6, 6.07) is 10.2. The highest BCUT2D eigenvalue weighted by Gasteiger charge is 2.32. The second-order valence-corrected chi connectivity index (χ2v) is 7.09. The van der Waals surface area contributed by atoms with Gasteiger partial charge >= 0.3 is 0 Å². The largest absolute Gasteiger partial charge is 0.507 e. The van der Waals surface area contributed by atoms with Crippen molar-refractivity contribution in [2.45, 2.75) is 19.8 Å². The second kappa shape index (κ2) is 6.63. The number of nitrogens with zero attached hydrogens (tertiary/aromatic N) is 1. The van der Waals surface area contributed by atoms with Crippen molar-refractivity contribution in [3.05, 3.63) is 47.0 Å². The van der Waals surface area contributed by atoms with Crippen LogP contribution in [0.1, 0.15) is 18.4 Å². The summed E-state index contributed by atoms with van der Waals surface area (Å²) in [6.45, 7) is 1.97. The highest BCUT2D eigenvalue weighted by molar-refractivity contribution is 6.32. The molecule has 0 spiro atoms. The number of benzene rings is 2. The van der Waals surface area contributed by atoms with Crippen LogP contribution in [0.5, 0.6) is 11.5 Å². The minimum Gasteiger partial charge on any atom is -0.507 e. The zero-order valence-electron chi connectivity index (χ0n) is 14.5. The van der Waals surface area contributed by atoms with Crippen molar-refractivity contribution in [3.63, 3.8) is 0 Å². The number of hydrogen-bond acceptors (Lipinski definition) is 5. The fourth-order valence-electron chi connectivity index (χ4n) is 2.85. The topological polar surface area (TPSA) is 95.6 Å². The summed E-state index contributed by atoms with van der Waals surface area (Å²) in [4.78, 5) is 12.2. The van der Waals surface area contributed by atoms with Gasteiger partial charge in [0.1, 0.15) is 17.2 Å². The number of amides is 1. The summed E-state index contributed by atoms with van der Waals surface area (Å²) >= 11 is 6.01. The van der Waals surface area contributed by atoms with Gasteiger partial charge in [0.25, 0.3) is 0 Å². The molecule has 0 saturated heterocycles. The Morgan fingerprint density at radius 3 is 2.56 bits per heavy atom. The number of aromatic hydroxyl groups is 2. The van der Waals surface area contributed by atoms with E-state index in [0.29, 0.717) is 16.8 Å². The zero-order chi connectivity index (χ0) is 19.1. The van der Waals surface area contributed by atoms with Crippen LogP contribution in [-0.4, -0.2) is 21.3 Å². The molecule has 3 aromatic rings. The first-order valence-corrected chi connectivity index (χ1v) is 8.91. The van der Waals surface area contributed by atoms with Gasteiger partial charge in [0, 0.05) is 17.5 Å². The SMILES string of the molecule is Cc1ccc(-c2c(-c3cc(Cl)c(O)cc3O)noc2NC(=O)C2CC2)cc1. The molecule has 0 bridgehead atoms. The number of rotatable bonds is 4. The van der Waals surface area contributed by atoms with Crippen molar-refractivity contribution < 1.29 is 19.5 Å². The maximum Gasteiger partial charge on any atom is 0.239 e. The molecule has 1 saturated carbocycles. The molecule has 1 aliphatic carbocycles. The van der Waals surface area contributed by atoms with E-state index in [0.717, 1.165) is 30.0 Å². The molecule has 7 heteroatoms. The Bertz CT molecular complexity index is 1020. The van der Waals surface area contributed by atoms with Gasteiger partial charge < -0.3 is 14.7 Å². The van der Waals surface area contributed by atoms with E-state index in [2.05, 4.69) is 10.5 Å². The van der Waals surface area contributed by atoms with Crippen molar-refractivity contribution in [1.82, 2.24) is 5.16 Å². The van der Waals surface area contributed by atoms with Gasteiger partial charge in [-0.3, -0.25) is 10.1 Å². The predicted molar refractivity (Wildman–Crippen MR) is 102 cm³/mol. The van der Waals surface area contributed by atoms with Gasteiger partial charge in [0.05, 0.1) is 10.6 Å². The molecule has 0 aliphatic heterocycles. The van der Waals surface area contributed by atoms with E-state index in [4.69, 9.17) is 16.1 Å². The Morgan fingerprint density at radius 1 is 1.19 bits per heavy atom. The van der Waals surface area contributed by atoms with E-state index in [1.807, 2.05) is 31.2 Å². The maximum absolute atomic E-state index is 12.2. The first kappa shape index (κ1) is 17.4. The summed E-state index contributed by atoms with van der Waals surface area (Å²) in [5, 5.41) is 26.9.